The Kier molecular flexibility index (Phi) is 10.3. The molecule has 0 aromatic carbocycles. The second-order valence-corrected chi connectivity index (χ2v) is 15.5. The number of rotatable bonds is 12. The summed E-state index contributed by atoms with van der Waals surface area (Å²) in [5, 5.41) is 12.8. The van der Waals surface area contributed by atoms with E-state index in [1.807, 2.05) is 0 Å². The summed E-state index contributed by atoms with van der Waals surface area (Å²) < 4.78 is 0. The van der Waals surface area contributed by atoms with Gasteiger partial charge in [0.2, 0.25) is 5.91 Å². The largest absolute Gasteiger partial charge is 0.383 e. The van der Waals surface area contributed by atoms with E-state index in [1.165, 1.54) is 64.2 Å². The van der Waals surface area contributed by atoms with E-state index in [0.717, 1.165) is 41.9 Å². The van der Waals surface area contributed by atoms with Crippen molar-refractivity contribution < 1.29 is 14.7 Å². The lowest BCUT2D eigenvalue weighted by atomic mass is 9.46. The standard InChI is InChI=1S/C35H60N2O3/c1-23(2)9-8-10-24(3)28-13-14-29-27-12-11-26-21-25(15-18-34(26,4)30(27)16-19-35(28,29)5)31(37(6)7)22-36-33(40)32(39)17-20-38/h11,20,23-25,27-32,39H,8-10,12-19,21-22H2,1-7H3,(H,36,40)/t24-,25+,27?,28-,29?,30?,31?,32?,34+,35-/m1/s1. The molecular weight excluding hydrogens is 496 g/mol. The molecule has 228 valence electrons. The van der Waals surface area contributed by atoms with Crippen LogP contribution in [0.5, 0.6) is 0 Å². The fourth-order valence-electron chi connectivity index (χ4n) is 10.3. The van der Waals surface area contributed by atoms with Gasteiger partial charge in [-0.1, -0.05) is 65.5 Å². The molecule has 3 saturated carbocycles. The molecule has 4 aliphatic carbocycles. The number of nitrogens with one attached hydrogen (secondary N) is 1. The van der Waals surface area contributed by atoms with Gasteiger partial charge < -0.3 is 20.1 Å². The van der Waals surface area contributed by atoms with Crippen LogP contribution in [0.4, 0.5) is 0 Å². The molecule has 0 radical (unpaired) electrons. The van der Waals surface area contributed by atoms with Crippen molar-refractivity contribution in [1.82, 2.24) is 10.2 Å². The number of fused-ring (bicyclic) bond motifs is 5. The Bertz CT molecular complexity index is 914. The molecule has 4 rings (SSSR count). The summed E-state index contributed by atoms with van der Waals surface area (Å²) in [6, 6.07) is 0.220. The van der Waals surface area contributed by atoms with E-state index in [4.69, 9.17) is 0 Å². The third-order valence-corrected chi connectivity index (χ3v) is 12.7. The monoisotopic (exact) mass is 556 g/mol. The minimum absolute atomic E-state index is 0.145. The average molecular weight is 557 g/mol. The number of nitrogens with zero attached hydrogens (tertiary/aromatic N) is 1. The van der Waals surface area contributed by atoms with E-state index >= 15 is 0 Å². The summed E-state index contributed by atoms with van der Waals surface area (Å²) in [6.07, 6.45) is 16.6. The molecule has 0 aromatic rings. The van der Waals surface area contributed by atoms with Gasteiger partial charge >= 0.3 is 0 Å². The number of aldehydes is 1. The first kappa shape index (κ1) is 31.7. The Labute approximate surface area is 245 Å². The van der Waals surface area contributed by atoms with Gasteiger partial charge in [-0.05, 0) is 118 Å². The van der Waals surface area contributed by atoms with Crippen molar-refractivity contribution in [1.29, 1.82) is 0 Å². The molecule has 0 saturated heterocycles. The molecule has 1 amide bonds. The zero-order chi connectivity index (χ0) is 29.2. The maximum absolute atomic E-state index is 12.3. The van der Waals surface area contributed by atoms with Gasteiger partial charge in [-0.3, -0.25) is 4.79 Å². The number of carbonyl (C=O) groups excluding carboxylic acids is 2. The Morgan fingerprint density at radius 3 is 2.52 bits per heavy atom. The van der Waals surface area contributed by atoms with Gasteiger partial charge in [-0.25, -0.2) is 0 Å². The summed E-state index contributed by atoms with van der Waals surface area (Å²) in [5.41, 5.74) is 2.53. The van der Waals surface area contributed by atoms with E-state index in [9.17, 15) is 14.7 Å². The van der Waals surface area contributed by atoms with Gasteiger partial charge in [0.25, 0.3) is 0 Å². The molecule has 0 aliphatic heterocycles. The Hall–Kier alpha value is -1.20. The Morgan fingerprint density at radius 2 is 1.85 bits per heavy atom. The summed E-state index contributed by atoms with van der Waals surface area (Å²) >= 11 is 0. The van der Waals surface area contributed by atoms with Crippen LogP contribution in [0.25, 0.3) is 0 Å². The van der Waals surface area contributed by atoms with E-state index in [1.54, 1.807) is 5.57 Å². The van der Waals surface area contributed by atoms with E-state index in [0.29, 0.717) is 29.6 Å². The van der Waals surface area contributed by atoms with Crippen molar-refractivity contribution in [3.63, 3.8) is 0 Å². The molecule has 4 aliphatic rings. The van der Waals surface area contributed by atoms with Crippen LogP contribution in [-0.2, 0) is 9.59 Å². The van der Waals surface area contributed by atoms with Crippen LogP contribution in [0.2, 0.25) is 0 Å². The number of aliphatic hydroxyl groups is 1. The highest BCUT2D eigenvalue weighted by atomic mass is 16.3. The predicted octanol–water partition coefficient (Wildman–Crippen LogP) is 6.64. The van der Waals surface area contributed by atoms with Gasteiger partial charge in [-0.2, -0.15) is 0 Å². The number of amides is 1. The number of aliphatic hydroxyl groups excluding tert-OH is 1. The maximum Gasteiger partial charge on any atom is 0.249 e. The summed E-state index contributed by atoms with van der Waals surface area (Å²) in [6.45, 7) is 13.1. The molecule has 10 atom stereocenters. The molecule has 40 heavy (non-hydrogen) atoms. The first-order valence-electron chi connectivity index (χ1n) is 16.7. The fraction of sp³-hybridized carbons (Fsp3) is 0.886. The molecule has 3 fully saturated rings. The van der Waals surface area contributed by atoms with Crippen LogP contribution in [0.1, 0.15) is 112 Å². The van der Waals surface area contributed by atoms with Gasteiger partial charge in [0.15, 0.2) is 0 Å². The highest BCUT2D eigenvalue weighted by Gasteiger charge is 2.59. The van der Waals surface area contributed by atoms with Crippen LogP contribution >= 0.6 is 0 Å². The zero-order valence-electron chi connectivity index (χ0n) is 26.8. The van der Waals surface area contributed by atoms with E-state index in [2.05, 4.69) is 65.0 Å². The van der Waals surface area contributed by atoms with Crippen LogP contribution in [-0.4, -0.2) is 55.0 Å². The van der Waals surface area contributed by atoms with Crippen LogP contribution < -0.4 is 5.32 Å². The van der Waals surface area contributed by atoms with Crippen molar-refractivity contribution in [2.75, 3.05) is 20.6 Å². The molecule has 5 heteroatoms. The van der Waals surface area contributed by atoms with Crippen molar-refractivity contribution in [2.45, 2.75) is 124 Å². The molecule has 5 unspecified atom stereocenters. The fourth-order valence-corrected chi connectivity index (χ4v) is 10.3. The first-order chi connectivity index (χ1) is 18.9. The second-order valence-electron chi connectivity index (χ2n) is 15.5. The normalized spacial score (nSPS) is 37.6. The molecule has 2 N–H and O–H groups in total. The number of hydrogen-bond acceptors (Lipinski definition) is 4. The molecule has 0 aromatic heterocycles. The highest BCUT2D eigenvalue weighted by Crippen LogP contribution is 2.67. The second kappa shape index (κ2) is 13.0. The van der Waals surface area contributed by atoms with Gasteiger partial charge in [0.05, 0.1) is 0 Å². The lowest BCUT2D eigenvalue weighted by Crippen LogP contribution is -2.52. The first-order valence-corrected chi connectivity index (χ1v) is 16.7. The quantitative estimate of drug-likeness (QED) is 0.209. The third kappa shape index (κ3) is 6.26. The van der Waals surface area contributed by atoms with Crippen LogP contribution in [0.15, 0.2) is 11.6 Å². The smallest absolute Gasteiger partial charge is 0.249 e. The summed E-state index contributed by atoms with van der Waals surface area (Å²) in [4.78, 5) is 25.2. The third-order valence-electron chi connectivity index (χ3n) is 12.7. The SMILES string of the molecule is CC(C)CCC[C@@H](C)[C@H]1CCC2C3CC=C4C[C@@H](C(CNC(=O)C(O)CC=O)N(C)C)CC[C@]4(C)C3CC[C@@]21C. The van der Waals surface area contributed by atoms with Crippen LogP contribution in [0.3, 0.4) is 0 Å². The molecule has 0 bridgehead atoms. The predicted molar refractivity (Wildman–Crippen MR) is 164 cm³/mol. The number of likely N-dealkylation sites (N-methyl/N-ethyl adjacent to an activating group) is 1. The lowest BCUT2D eigenvalue weighted by Gasteiger charge is -2.59. The Morgan fingerprint density at radius 1 is 1.10 bits per heavy atom. The van der Waals surface area contributed by atoms with Gasteiger partial charge in [0.1, 0.15) is 12.4 Å². The maximum atomic E-state index is 12.3. The van der Waals surface area contributed by atoms with Gasteiger partial charge in [-0.15, -0.1) is 0 Å². The highest BCUT2D eigenvalue weighted by molar-refractivity contribution is 5.82. The lowest BCUT2D eigenvalue weighted by molar-refractivity contribution is -0.131. The van der Waals surface area contributed by atoms with E-state index in [-0.39, 0.29) is 12.5 Å². The van der Waals surface area contributed by atoms with Crippen molar-refractivity contribution in [2.24, 2.45) is 52.3 Å². The minimum Gasteiger partial charge on any atom is -0.383 e. The number of allylic oxidation sites excluding steroid dienone is 2. The molecule has 5 nitrogen and oxygen atoms in total. The molecule has 0 heterocycles. The average Bonchev–Trinajstić information content (AvgIpc) is 3.25. The zero-order valence-corrected chi connectivity index (χ0v) is 26.8. The van der Waals surface area contributed by atoms with Crippen molar-refractivity contribution in [3.05, 3.63) is 11.6 Å². The topological polar surface area (TPSA) is 69.6 Å². The number of hydrogen-bond donors (Lipinski definition) is 2. The summed E-state index contributed by atoms with van der Waals surface area (Å²) in [7, 11) is 4.19. The minimum atomic E-state index is -1.25. The van der Waals surface area contributed by atoms with Crippen molar-refractivity contribution in [3.8, 4) is 0 Å². The van der Waals surface area contributed by atoms with Crippen LogP contribution in [0, 0.1) is 52.3 Å². The van der Waals surface area contributed by atoms with Crippen molar-refractivity contribution >= 4 is 12.2 Å². The summed E-state index contributed by atoms with van der Waals surface area (Å²) in [5.74, 6) is 5.19. The Balaban J connectivity index is 1.42. The number of carbonyl (C=O) groups is 2. The van der Waals surface area contributed by atoms with Gasteiger partial charge in [0, 0.05) is 19.0 Å². The molecular formula is C35H60N2O3. The molecule has 0 spiro atoms. The van der Waals surface area contributed by atoms with E-state index < -0.39 is 12.0 Å².